The first-order chi connectivity index (χ1) is 7.85. The molecule has 1 unspecified atom stereocenters. The second-order valence-electron chi connectivity index (χ2n) is 4.48. The molecule has 1 aromatic carbocycles. The van der Waals surface area contributed by atoms with E-state index < -0.39 is 0 Å². The lowest BCUT2D eigenvalue weighted by molar-refractivity contribution is 0.288. The fourth-order valence-corrected chi connectivity index (χ4v) is 2.38. The molecular weight excluding hydrogens is 198 g/mol. The third kappa shape index (κ3) is 2.38. The number of nitrogens with one attached hydrogen (secondary N) is 1. The van der Waals surface area contributed by atoms with E-state index in [0.29, 0.717) is 5.92 Å². The highest BCUT2D eigenvalue weighted by Gasteiger charge is 2.14. The highest BCUT2D eigenvalue weighted by Crippen LogP contribution is 2.29. The van der Waals surface area contributed by atoms with Gasteiger partial charge in [-0.15, -0.1) is 0 Å². The topological polar surface area (TPSA) is 21.3 Å². The number of benzene rings is 1. The molecule has 1 aliphatic heterocycles. The predicted molar refractivity (Wildman–Crippen MR) is 67.2 cm³/mol. The van der Waals surface area contributed by atoms with E-state index in [9.17, 15) is 0 Å². The molecule has 0 bridgehead atoms. The summed E-state index contributed by atoms with van der Waals surface area (Å²) in [5.41, 5.74) is 2.83. The van der Waals surface area contributed by atoms with Crippen molar-refractivity contribution in [1.82, 2.24) is 5.32 Å². The zero-order chi connectivity index (χ0) is 11.4. The van der Waals surface area contributed by atoms with E-state index in [0.717, 1.165) is 25.3 Å². The first-order valence-electron chi connectivity index (χ1n) is 6.25. The van der Waals surface area contributed by atoms with Crippen LogP contribution in [0.4, 0.5) is 0 Å². The molecule has 0 radical (unpaired) electrons. The van der Waals surface area contributed by atoms with E-state index in [2.05, 4.69) is 30.4 Å². The standard InChI is InChI=1S/C14H21NO/c1-3-11(10-15-2)12-6-7-14-13(9-12)5-4-8-16-14/h6-7,9,11,15H,3-5,8,10H2,1-2H3. The van der Waals surface area contributed by atoms with Gasteiger partial charge < -0.3 is 10.1 Å². The summed E-state index contributed by atoms with van der Waals surface area (Å²) in [4.78, 5) is 0. The lowest BCUT2D eigenvalue weighted by Gasteiger charge is -2.21. The molecule has 1 aliphatic rings. The molecule has 0 saturated heterocycles. The van der Waals surface area contributed by atoms with Gasteiger partial charge in [0.25, 0.3) is 0 Å². The van der Waals surface area contributed by atoms with Gasteiger partial charge >= 0.3 is 0 Å². The number of fused-ring (bicyclic) bond motifs is 1. The van der Waals surface area contributed by atoms with Gasteiger partial charge in [0.05, 0.1) is 6.61 Å². The quantitative estimate of drug-likeness (QED) is 0.840. The molecule has 2 heteroatoms. The van der Waals surface area contributed by atoms with Gasteiger partial charge in [0.15, 0.2) is 0 Å². The number of likely N-dealkylation sites (N-methyl/N-ethyl adjacent to an activating group) is 1. The van der Waals surface area contributed by atoms with Gasteiger partial charge in [0, 0.05) is 6.54 Å². The molecule has 0 spiro atoms. The minimum atomic E-state index is 0.622. The summed E-state index contributed by atoms with van der Waals surface area (Å²) >= 11 is 0. The van der Waals surface area contributed by atoms with Crippen LogP contribution in [0.15, 0.2) is 18.2 Å². The summed E-state index contributed by atoms with van der Waals surface area (Å²) in [6.45, 7) is 4.17. The average molecular weight is 219 g/mol. The van der Waals surface area contributed by atoms with Gasteiger partial charge in [-0.25, -0.2) is 0 Å². The minimum absolute atomic E-state index is 0.622. The lowest BCUT2D eigenvalue weighted by atomic mass is 9.93. The van der Waals surface area contributed by atoms with Crippen LogP contribution in [0.2, 0.25) is 0 Å². The van der Waals surface area contributed by atoms with Crippen LogP contribution in [0.1, 0.15) is 36.8 Å². The van der Waals surface area contributed by atoms with E-state index in [1.807, 2.05) is 7.05 Å². The van der Waals surface area contributed by atoms with Crippen molar-refractivity contribution in [3.63, 3.8) is 0 Å². The number of hydrogen-bond acceptors (Lipinski definition) is 2. The molecule has 0 fully saturated rings. The highest BCUT2D eigenvalue weighted by atomic mass is 16.5. The maximum Gasteiger partial charge on any atom is 0.122 e. The van der Waals surface area contributed by atoms with Crippen molar-refractivity contribution in [2.24, 2.45) is 0 Å². The van der Waals surface area contributed by atoms with Crippen molar-refractivity contribution >= 4 is 0 Å². The maximum atomic E-state index is 5.64. The fourth-order valence-electron chi connectivity index (χ4n) is 2.38. The van der Waals surface area contributed by atoms with Crippen LogP contribution in [-0.4, -0.2) is 20.2 Å². The third-order valence-electron chi connectivity index (χ3n) is 3.35. The number of aryl methyl sites for hydroxylation is 1. The average Bonchev–Trinajstić information content (AvgIpc) is 2.35. The minimum Gasteiger partial charge on any atom is -0.493 e. The zero-order valence-electron chi connectivity index (χ0n) is 10.3. The van der Waals surface area contributed by atoms with E-state index >= 15 is 0 Å². The number of ether oxygens (including phenoxy) is 1. The van der Waals surface area contributed by atoms with Crippen LogP contribution in [-0.2, 0) is 6.42 Å². The molecule has 88 valence electrons. The molecule has 0 saturated carbocycles. The normalized spacial score (nSPS) is 16.4. The van der Waals surface area contributed by atoms with E-state index in [1.165, 1.54) is 24.0 Å². The Morgan fingerprint density at radius 3 is 3.06 bits per heavy atom. The third-order valence-corrected chi connectivity index (χ3v) is 3.35. The van der Waals surface area contributed by atoms with Crippen molar-refractivity contribution in [2.45, 2.75) is 32.1 Å². The van der Waals surface area contributed by atoms with Crippen molar-refractivity contribution in [1.29, 1.82) is 0 Å². The molecular formula is C14H21NO. The summed E-state index contributed by atoms with van der Waals surface area (Å²) in [6, 6.07) is 6.69. The monoisotopic (exact) mass is 219 g/mol. The first kappa shape index (κ1) is 11.5. The van der Waals surface area contributed by atoms with E-state index in [1.54, 1.807) is 0 Å². The lowest BCUT2D eigenvalue weighted by Crippen LogP contribution is -2.17. The van der Waals surface area contributed by atoms with Gasteiger partial charge in [-0.2, -0.15) is 0 Å². The molecule has 1 N–H and O–H groups in total. The molecule has 0 aromatic heterocycles. The maximum absolute atomic E-state index is 5.64. The van der Waals surface area contributed by atoms with Crippen molar-refractivity contribution < 1.29 is 4.74 Å². The second-order valence-corrected chi connectivity index (χ2v) is 4.48. The van der Waals surface area contributed by atoms with Crippen LogP contribution in [0.5, 0.6) is 5.75 Å². The van der Waals surface area contributed by atoms with E-state index in [-0.39, 0.29) is 0 Å². The largest absolute Gasteiger partial charge is 0.493 e. The van der Waals surface area contributed by atoms with Crippen LogP contribution >= 0.6 is 0 Å². The Labute approximate surface area is 98.0 Å². The first-order valence-corrected chi connectivity index (χ1v) is 6.25. The second kappa shape index (κ2) is 5.35. The molecule has 16 heavy (non-hydrogen) atoms. The van der Waals surface area contributed by atoms with Crippen LogP contribution in [0.3, 0.4) is 0 Å². The predicted octanol–water partition coefficient (Wildman–Crippen LogP) is 2.72. The van der Waals surface area contributed by atoms with Crippen LogP contribution < -0.4 is 10.1 Å². The number of hydrogen-bond donors (Lipinski definition) is 1. The van der Waals surface area contributed by atoms with Gasteiger partial charge in [-0.3, -0.25) is 0 Å². The Hall–Kier alpha value is -1.02. The molecule has 0 aliphatic carbocycles. The summed E-state index contributed by atoms with van der Waals surface area (Å²) in [6.07, 6.45) is 3.50. The Bertz CT molecular complexity index is 349. The van der Waals surface area contributed by atoms with Gasteiger partial charge in [-0.1, -0.05) is 19.1 Å². The summed E-state index contributed by atoms with van der Waals surface area (Å²) in [5.74, 6) is 1.71. The highest BCUT2D eigenvalue weighted by molar-refractivity contribution is 5.39. The van der Waals surface area contributed by atoms with Crippen molar-refractivity contribution in [3.05, 3.63) is 29.3 Å². The van der Waals surface area contributed by atoms with Gasteiger partial charge in [0.2, 0.25) is 0 Å². The fraction of sp³-hybridized carbons (Fsp3) is 0.571. The zero-order valence-corrected chi connectivity index (χ0v) is 10.3. The molecule has 1 heterocycles. The van der Waals surface area contributed by atoms with Crippen LogP contribution in [0.25, 0.3) is 0 Å². The molecule has 2 rings (SSSR count). The summed E-state index contributed by atoms with van der Waals surface area (Å²) < 4.78 is 5.64. The molecule has 1 aromatic rings. The molecule has 0 amide bonds. The SMILES string of the molecule is CCC(CNC)c1ccc2c(c1)CCCO2. The van der Waals surface area contributed by atoms with Crippen molar-refractivity contribution in [3.8, 4) is 5.75 Å². The number of rotatable bonds is 4. The Morgan fingerprint density at radius 2 is 2.31 bits per heavy atom. The van der Waals surface area contributed by atoms with E-state index in [4.69, 9.17) is 4.74 Å². The Kier molecular flexibility index (Phi) is 3.83. The molecule has 2 nitrogen and oxygen atoms in total. The summed E-state index contributed by atoms with van der Waals surface area (Å²) in [7, 11) is 2.02. The van der Waals surface area contributed by atoms with Gasteiger partial charge in [-0.05, 0) is 49.4 Å². The Morgan fingerprint density at radius 1 is 1.44 bits per heavy atom. The van der Waals surface area contributed by atoms with Crippen LogP contribution in [0, 0.1) is 0 Å². The Balaban J connectivity index is 2.21. The molecule has 1 atom stereocenters. The van der Waals surface area contributed by atoms with Gasteiger partial charge in [0.1, 0.15) is 5.75 Å². The summed E-state index contributed by atoms with van der Waals surface area (Å²) in [5, 5.41) is 3.27. The van der Waals surface area contributed by atoms with Crippen molar-refractivity contribution in [2.75, 3.05) is 20.2 Å². The smallest absolute Gasteiger partial charge is 0.122 e.